The van der Waals surface area contributed by atoms with Crippen LogP contribution in [0.25, 0.3) is 22.9 Å². The lowest BCUT2D eigenvalue weighted by molar-refractivity contribution is -0.139. The molecule has 1 amide bonds. The number of nitrogens with one attached hydrogen (secondary N) is 3. The maximum absolute atomic E-state index is 13.4. The molecule has 3 N–H and O–H groups in total. The predicted molar refractivity (Wildman–Crippen MR) is 191 cm³/mol. The molecule has 0 saturated heterocycles. The van der Waals surface area contributed by atoms with Crippen molar-refractivity contribution in [3.8, 4) is 16.8 Å². The Morgan fingerprint density at radius 1 is 1.04 bits per heavy atom. The molecule has 3 aromatic heterocycles. The van der Waals surface area contributed by atoms with Gasteiger partial charge in [-0.1, -0.05) is 42.6 Å². The van der Waals surface area contributed by atoms with Crippen molar-refractivity contribution < 1.29 is 14.3 Å². The third-order valence-electron chi connectivity index (χ3n) is 8.50. The molecular weight excluding hydrogens is 654 g/mol. The van der Waals surface area contributed by atoms with Crippen LogP contribution in [-0.2, 0) is 27.3 Å². The third kappa shape index (κ3) is 9.16. The number of rotatable bonds is 10. The number of fused-ring (bicyclic) bond motifs is 4. The van der Waals surface area contributed by atoms with E-state index in [1.54, 1.807) is 36.7 Å². The van der Waals surface area contributed by atoms with Crippen molar-refractivity contribution in [3.63, 3.8) is 0 Å². The molecule has 0 unspecified atom stereocenters. The molecule has 0 spiro atoms. The molecule has 6 rings (SSSR count). The number of nitrogens with zero attached hydrogens (tertiary/aromatic N) is 6. The summed E-state index contributed by atoms with van der Waals surface area (Å²) in [6.07, 6.45) is 11.8. The van der Waals surface area contributed by atoms with Gasteiger partial charge in [-0.2, -0.15) is 4.68 Å². The van der Waals surface area contributed by atoms with E-state index >= 15 is 0 Å². The molecule has 1 aliphatic rings. The van der Waals surface area contributed by atoms with Gasteiger partial charge in [0.25, 0.3) is 0 Å². The van der Waals surface area contributed by atoms with E-state index in [1.165, 1.54) is 24.2 Å². The number of pyridine rings is 2. The van der Waals surface area contributed by atoms with Crippen LogP contribution in [0.3, 0.4) is 0 Å². The highest BCUT2D eigenvalue weighted by Crippen LogP contribution is 2.33. The quantitative estimate of drug-likeness (QED) is 0.127. The minimum Gasteiger partial charge on any atom is -0.469 e. The minimum atomic E-state index is -0.319. The van der Waals surface area contributed by atoms with Crippen LogP contribution in [0, 0.1) is 0 Å². The van der Waals surface area contributed by atoms with Crippen molar-refractivity contribution in [2.24, 2.45) is 0 Å². The van der Waals surface area contributed by atoms with Crippen LogP contribution in [0.4, 0.5) is 5.69 Å². The van der Waals surface area contributed by atoms with E-state index in [1.807, 2.05) is 48.5 Å². The molecule has 13 heteroatoms. The Hall–Kier alpha value is -5.46. The summed E-state index contributed by atoms with van der Waals surface area (Å²) in [5.74, 6) is -0.560. The maximum Gasteiger partial charge on any atom is 0.309 e. The molecule has 2 atom stereocenters. The summed E-state index contributed by atoms with van der Waals surface area (Å²) < 4.78 is 6.45. The molecule has 12 nitrogen and oxygen atoms in total. The Balaban J connectivity index is 1.25. The van der Waals surface area contributed by atoms with Gasteiger partial charge in [-0.05, 0) is 89.0 Å². The number of ether oxygens (including phenoxy) is 1. The molecule has 2 bridgehead atoms. The summed E-state index contributed by atoms with van der Waals surface area (Å²) in [7, 11) is 1.40. The van der Waals surface area contributed by atoms with Gasteiger partial charge in [-0.15, -0.1) is 5.10 Å². The SMILES string of the molecule is COC(=O)Cc1ccc2c(c1)N[C@@H](CNCc1ccccn1)CCCC[C@H](NC(=O)/C=C/c1cc(Cl)ccc1-n1cnnn1)c1cc-2ccn1. The highest BCUT2D eigenvalue weighted by Gasteiger charge is 2.20. The lowest BCUT2D eigenvalue weighted by atomic mass is 9.95. The standard InChI is InChI=1S/C37H38ClN9O3/c1-50-37(49)19-25-9-12-31-26-15-17-41-34(21-26)32(44-36(48)14-10-27-20-28(38)11-13-35(27)47-24-42-45-46-47)8-3-2-7-30(43-33(31)18-25)23-39-22-29-6-4-5-16-40-29/h4-6,9-18,20-21,24,30,32,39,43H,2-3,7-8,19,22-23H2,1H3,(H,44,48)/b14-10+/t30-,32+/m1/s1. The fourth-order valence-corrected chi connectivity index (χ4v) is 6.18. The number of halogens is 1. The number of esters is 1. The normalized spacial score (nSPS) is 16.0. The molecule has 1 aliphatic heterocycles. The summed E-state index contributed by atoms with van der Waals surface area (Å²) in [5, 5.41) is 22.5. The Bertz CT molecular complexity index is 1940. The van der Waals surface area contributed by atoms with Gasteiger partial charge in [-0.3, -0.25) is 19.6 Å². The first kappa shape index (κ1) is 34.4. The molecule has 4 heterocycles. The third-order valence-corrected chi connectivity index (χ3v) is 8.74. The number of anilines is 1. The van der Waals surface area contributed by atoms with Crippen molar-refractivity contribution in [3.05, 3.63) is 119 Å². The first-order valence-electron chi connectivity index (χ1n) is 16.5. The van der Waals surface area contributed by atoms with Gasteiger partial charge in [0, 0.05) is 59.4 Å². The van der Waals surface area contributed by atoms with E-state index in [4.69, 9.17) is 21.3 Å². The van der Waals surface area contributed by atoms with Gasteiger partial charge in [0.1, 0.15) is 6.33 Å². The molecular formula is C37H38ClN9O3. The Kier molecular flexibility index (Phi) is 11.5. The van der Waals surface area contributed by atoms with E-state index in [9.17, 15) is 9.59 Å². The number of aromatic nitrogens is 6. The summed E-state index contributed by atoms with van der Waals surface area (Å²) in [6, 6.07) is 20.9. The summed E-state index contributed by atoms with van der Waals surface area (Å²) in [4.78, 5) is 34.7. The molecule has 2 aromatic carbocycles. The smallest absolute Gasteiger partial charge is 0.309 e. The lowest BCUT2D eigenvalue weighted by Crippen LogP contribution is -2.33. The maximum atomic E-state index is 13.4. The molecule has 5 aromatic rings. The lowest BCUT2D eigenvalue weighted by Gasteiger charge is -2.25. The zero-order chi connectivity index (χ0) is 34.7. The first-order chi connectivity index (χ1) is 24.4. The molecule has 0 radical (unpaired) electrons. The summed E-state index contributed by atoms with van der Waals surface area (Å²) in [6.45, 7) is 1.36. The van der Waals surface area contributed by atoms with Crippen molar-refractivity contribution >= 4 is 35.2 Å². The summed E-state index contributed by atoms with van der Waals surface area (Å²) in [5.41, 5.74) is 6.80. The second kappa shape index (κ2) is 16.8. The van der Waals surface area contributed by atoms with E-state index in [-0.39, 0.29) is 30.4 Å². The monoisotopic (exact) mass is 691 g/mol. The van der Waals surface area contributed by atoms with Gasteiger partial charge >= 0.3 is 5.97 Å². The van der Waals surface area contributed by atoms with Gasteiger partial charge in [-0.25, -0.2) is 0 Å². The molecule has 0 saturated carbocycles. The van der Waals surface area contributed by atoms with Crippen molar-refractivity contribution in [1.29, 1.82) is 0 Å². The van der Waals surface area contributed by atoms with E-state index in [0.717, 1.165) is 53.0 Å². The zero-order valence-electron chi connectivity index (χ0n) is 27.6. The van der Waals surface area contributed by atoms with Crippen LogP contribution in [0.15, 0.2) is 91.5 Å². The first-order valence-corrected chi connectivity index (χ1v) is 16.9. The van der Waals surface area contributed by atoms with Crippen LogP contribution in [0.1, 0.15) is 54.2 Å². The van der Waals surface area contributed by atoms with Gasteiger partial charge in [0.05, 0.1) is 36.6 Å². The minimum absolute atomic E-state index is 0.0922. The topological polar surface area (TPSA) is 149 Å². The number of carbonyl (C=O) groups excluding carboxylic acids is 2. The number of tetrazole rings is 1. The zero-order valence-corrected chi connectivity index (χ0v) is 28.4. The van der Waals surface area contributed by atoms with Crippen molar-refractivity contribution in [2.75, 3.05) is 19.0 Å². The highest BCUT2D eigenvalue weighted by molar-refractivity contribution is 6.30. The molecule has 50 heavy (non-hydrogen) atoms. The van der Waals surface area contributed by atoms with Crippen LogP contribution < -0.4 is 16.0 Å². The second-order valence-corrected chi connectivity index (χ2v) is 12.5. The molecule has 0 fully saturated rings. The van der Waals surface area contributed by atoms with Gasteiger partial charge in [0.2, 0.25) is 5.91 Å². The second-order valence-electron chi connectivity index (χ2n) is 12.0. The average Bonchev–Trinajstić information content (AvgIpc) is 3.67. The van der Waals surface area contributed by atoms with Crippen LogP contribution >= 0.6 is 11.6 Å². The Labute approximate surface area is 295 Å². The molecule has 256 valence electrons. The number of benzene rings is 2. The van der Waals surface area contributed by atoms with Crippen LogP contribution in [0.5, 0.6) is 0 Å². The predicted octanol–water partition coefficient (Wildman–Crippen LogP) is 5.50. The largest absolute Gasteiger partial charge is 0.469 e. The summed E-state index contributed by atoms with van der Waals surface area (Å²) >= 11 is 6.28. The number of methoxy groups -OCH3 is 1. The van der Waals surface area contributed by atoms with Gasteiger partial charge < -0.3 is 20.7 Å². The van der Waals surface area contributed by atoms with Crippen LogP contribution in [-0.4, -0.2) is 61.7 Å². The Morgan fingerprint density at radius 2 is 1.94 bits per heavy atom. The fourth-order valence-electron chi connectivity index (χ4n) is 6.00. The Morgan fingerprint density at radius 3 is 2.76 bits per heavy atom. The van der Waals surface area contributed by atoms with Crippen molar-refractivity contribution in [2.45, 2.75) is 50.7 Å². The fraction of sp³-hybridized carbons (Fsp3) is 0.270. The highest BCUT2D eigenvalue weighted by atomic mass is 35.5. The van der Waals surface area contributed by atoms with E-state index in [2.05, 4.69) is 36.5 Å². The van der Waals surface area contributed by atoms with Gasteiger partial charge in [0.15, 0.2) is 0 Å². The molecule has 0 aliphatic carbocycles. The number of hydrogen-bond donors (Lipinski definition) is 3. The number of hydrogen-bond acceptors (Lipinski definition) is 10. The van der Waals surface area contributed by atoms with E-state index in [0.29, 0.717) is 35.8 Å². The van der Waals surface area contributed by atoms with Crippen LogP contribution in [0.2, 0.25) is 5.02 Å². The average molecular weight is 692 g/mol. The number of carbonyl (C=O) groups is 2. The number of amides is 1. The van der Waals surface area contributed by atoms with E-state index < -0.39 is 0 Å². The van der Waals surface area contributed by atoms with Crippen molar-refractivity contribution in [1.82, 2.24) is 40.8 Å².